The van der Waals surface area contributed by atoms with Crippen LogP contribution >= 0.6 is 11.3 Å². The van der Waals surface area contributed by atoms with E-state index in [1.165, 1.54) is 81.4 Å². The summed E-state index contributed by atoms with van der Waals surface area (Å²) in [6.45, 7) is 4.36. The van der Waals surface area contributed by atoms with Gasteiger partial charge in [-0.1, -0.05) is 67.9 Å². The molecule has 5 fully saturated rings. The number of aliphatic hydroxyl groups excluding tert-OH is 8. The number of β-amino-alcohol motifs (C(OH)–C–C–N with tert-alkyl or cyclic N) is 1. The average molecular weight is 1320 g/mol. The lowest BCUT2D eigenvalue weighted by atomic mass is 9.94. The van der Waals surface area contributed by atoms with Crippen LogP contribution in [0, 0.1) is 5.92 Å². The number of piperazine rings is 1. The predicted molar refractivity (Wildman–Crippen MR) is 341 cm³/mol. The lowest BCUT2D eigenvalue weighted by Gasteiger charge is -2.41. The molecule has 15 N–H and O–H groups in total. The van der Waals surface area contributed by atoms with E-state index in [1.807, 2.05) is 24.3 Å². The molecule has 28 nitrogen and oxygen atoms in total. The Kier molecular flexibility index (Phi) is 24.5. The van der Waals surface area contributed by atoms with E-state index in [-0.39, 0.29) is 43.1 Å². The molecule has 4 saturated heterocycles. The summed E-state index contributed by atoms with van der Waals surface area (Å²) in [6.07, 6.45) is -4.84. The van der Waals surface area contributed by atoms with E-state index in [9.17, 15) is 74.7 Å². The summed E-state index contributed by atoms with van der Waals surface area (Å²) in [7, 11) is 1.28. The lowest BCUT2D eigenvalue weighted by Crippen LogP contribution is -2.64. The van der Waals surface area contributed by atoms with Crippen LogP contribution in [0.15, 0.2) is 66.7 Å². The first-order valence-corrected chi connectivity index (χ1v) is 32.9. The number of amides is 6. The summed E-state index contributed by atoms with van der Waals surface area (Å²) in [4.78, 5) is 95.0. The van der Waals surface area contributed by atoms with Gasteiger partial charge in [0.25, 0.3) is 0 Å². The highest BCUT2D eigenvalue weighted by molar-refractivity contribution is 7.17. The van der Waals surface area contributed by atoms with Crippen molar-refractivity contribution in [2.24, 2.45) is 5.92 Å². The Morgan fingerprint density at radius 2 is 1.32 bits per heavy atom. The Labute approximate surface area is 543 Å². The van der Waals surface area contributed by atoms with Crippen LogP contribution in [0.3, 0.4) is 0 Å². The molecule has 4 aromatic rings. The summed E-state index contributed by atoms with van der Waals surface area (Å²) in [5.74, 6) is -7.40. The normalized spacial score (nSPS) is 27.2. The maximum Gasteiger partial charge on any atom is 0.248 e. The molecule has 1 saturated carbocycles. The number of aromatic nitrogens is 2. The number of ether oxygens (including phenoxy) is 1. The molecule has 0 spiro atoms. The van der Waals surface area contributed by atoms with Crippen LogP contribution in [0.4, 0.5) is 5.69 Å². The van der Waals surface area contributed by atoms with Crippen LogP contribution in [0.25, 0.3) is 21.1 Å². The first kappa shape index (κ1) is 70.3. The SMILES string of the molecule is COc1cc(C[C@@H](O)[C@@H]2NC(=O)[C@@H]3C[C@@H](O)CN3C(=O)[C@H]([C@@H](C)O)NC(=O)C(NCc3ccc(-c4nnc(-c5ccc(N6CCN(C7CCCCC7)CC6)cc5)s4)cc3)C[C@@H](O)CNC(=O)[C@@H]3[C@@H](O)[C@@H](C)CN3C(=O)[C@H]([C@H](O)CCNC(CO)CO)NC2=O)ccc1O. The van der Waals surface area contributed by atoms with Gasteiger partial charge < -0.3 is 97.3 Å². The molecular formula is C64H90N12O16S. The molecule has 29 heteroatoms. The van der Waals surface area contributed by atoms with Gasteiger partial charge in [0, 0.05) is 94.0 Å². The van der Waals surface area contributed by atoms with Crippen LogP contribution < -0.4 is 41.5 Å². The minimum atomic E-state index is -2.04. The molecule has 3 aromatic carbocycles. The Morgan fingerprint density at radius 1 is 0.699 bits per heavy atom. The van der Waals surface area contributed by atoms with Gasteiger partial charge in [-0.05, 0) is 86.7 Å². The number of aromatic hydroxyl groups is 1. The van der Waals surface area contributed by atoms with Gasteiger partial charge in [0.15, 0.2) is 11.5 Å². The molecule has 93 heavy (non-hydrogen) atoms. The number of anilines is 1. The fourth-order valence-electron chi connectivity index (χ4n) is 13.0. The molecule has 5 aliphatic rings. The summed E-state index contributed by atoms with van der Waals surface area (Å²) >= 11 is 1.43. The molecule has 0 radical (unpaired) electrons. The lowest BCUT2D eigenvalue weighted by molar-refractivity contribution is -0.147. The third kappa shape index (κ3) is 17.5. The third-order valence-electron chi connectivity index (χ3n) is 18.5. The van der Waals surface area contributed by atoms with Gasteiger partial charge in [-0.3, -0.25) is 33.7 Å². The predicted octanol–water partition coefficient (Wildman–Crippen LogP) is -2.32. The van der Waals surface area contributed by atoms with E-state index >= 15 is 0 Å². The number of carbonyl (C=O) groups is 6. The molecule has 508 valence electrons. The fourth-order valence-corrected chi connectivity index (χ4v) is 13.9. The van der Waals surface area contributed by atoms with Crippen molar-refractivity contribution >= 4 is 52.5 Å². The number of hydrogen-bond acceptors (Lipinski definition) is 23. The van der Waals surface area contributed by atoms with E-state index in [0.717, 1.165) is 52.1 Å². The topological polar surface area (TPSA) is 405 Å². The maximum atomic E-state index is 15.0. The highest BCUT2D eigenvalue weighted by Crippen LogP contribution is 2.34. The Bertz CT molecular complexity index is 3170. The van der Waals surface area contributed by atoms with E-state index in [4.69, 9.17) is 4.74 Å². The Hall–Kier alpha value is -7.00. The molecule has 0 bridgehead atoms. The summed E-state index contributed by atoms with van der Waals surface area (Å²) < 4.78 is 5.23. The van der Waals surface area contributed by atoms with Crippen molar-refractivity contribution < 1.29 is 79.5 Å². The van der Waals surface area contributed by atoms with E-state index in [2.05, 4.69) is 76.2 Å². The average Bonchev–Trinajstić information content (AvgIpc) is 1.71. The smallest absolute Gasteiger partial charge is 0.248 e. The summed E-state index contributed by atoms with van der Waals surface area (Å²) in [5, 5.41) is 125. The number of phenolic OH excluding ortho intramolecular Hbond substituents is 1. The van der Waals surface area contributed by atoms with Crippen molar-refractivity contribution in [3.63, 3.8) is 0 Å². The molecule has 13 atom stereocenters. The zero-order valence-corrected chi connectivity index (χ0v) is 53.4. The molecule has 4 aliphatic heterocycles. The van der Waals surface area contributed by atoms with Crippen molar-refractivity contribution in [1.82, 2.24) is 56.8 Å². The molecule has 5 heterocycles. The van der Waals surface area contributed by atoms with E-state index in [0.29, 0.717) is 16.6 Å². The zero-order valence-electron chi connectivity index (χ0n) is 52.6. The van der Waals surface area contributed by atoms with Gasteiger partial charge in [0.05, 0.1) is 69.0 Å². The number of fused-ring (bicyclic) bond motifs is 2. The number of phenols is 1. The second kappa shape index (κ2) is 32.4. The largest absolute Gasteiger partial charge is 0.504 e. The number of carbonyl (C=O) groups excluding carboxylic acids is 6. The van der Waals surface area contributed by atoms with Crippen molar-refractivity contribution in [2.45, 2.75) is 163 Å². The highest BCUT2D eigenvalue weighted by atomic mass is 32.1. The molecule has 9 rings (SSSR count). The first-order valence-electron chi connectivity index (χ1n) is 32.1. The fraction of sp³-hybridized carbons (Fsp3) is 0.594. The van der Waals surface area contributed by atoms with Gasteiger partial charge in [-0.2, -0.15) is 0 Å². The Morgan fingerprint density at radius 3 is 1.97 bits per heavy atom. The first-order chi connectivity index (χ1) is 44.6. The minimum absolute atomic E-state index is 0.00443. The molecule has 1 unspecified atom stereocenters. The standard InChI is InChI=1S/C64H90N12O16S/c1-35-31-76-55(56(35)85)60(89)67-30-44(80)27-46(66-29-37-9-12-39(13-10-37)61-71-72-62(93-61)40-14-16-43(17-15-40)74-23-21-73(22-24-74)42-7-5-4-6-8-42)57(86)68-52(36(2)79)63(90)75-32-45(81)28-47(75)58(87)69-53(50(84)25-38-11-18-48(82)51(26-38)92-3)59(88)70-54(64(76)91)49(83)19-20-65-41(33-77)34-78/h9-18,26,35-36,41-42,44-47,49-50,52-56,65-66,77-85H,4-8,19-25,27-34H2,1-3H3,(H,67,89)(H,68,86)(H,69,87)(H,70,88)/t35-,36+,44+,45+,46?,47-,49+,50+,52-,53-,54-,55-,56-/m0/s1. The number of aliphatic hydroxyl groups is 8. The third-order valence-corrected chi connectivity index (χ3v) is 19.5. The molecule has 6 amide bonds. The van der Waals surface area contributed by atoms with Gasteiger partial charge in [0.1, 0.15) is 40.2 Å². The number of benzene rings is 3. The molecule has 1 aliphatic carbocycles. The second-order valence-electron chi connectivity index (χ2n) is 25.2. The number of hydrogen-bond donors (Lipinski definition) is 15. The zero-order chi connectivity index (χ0) is 66.6. The Balaban J connectivity index is 0.953. The molecule has 1 aromatic heterocycles. The number of rotatable bonds is 19. The number of nitrogens with one attached hydrogen (secondary N) is 6. The van der Waals surface area contributed by atoms with E-state index in [1.54, 1.807) is 6.92 Å². The summed E-state index contributed by atoms with van der Waals surface area (Å²) in [5.41, 5.74) is 3.83. The monoisotopic (exact) mass is 1310 g/mol. The highest BCUT2D eigenvalue weighted by Gasteiger charge is 2.50. The van der Waals surface area contributed by atoms with Gasteiger partial charge in [-0.15, -0.1) is 10.2 Å². The number of nitrogens with zero attached hydrogens (tertiary/aromatic N) is 6. The van der Waals surface area contributed by atoms with E-state index < -0.39 is 166 Å². The van der Waals surface area contributed by atoms with Crippen molar-refractivity contribution in [3.8, 4) is 32.6 Å². The number of methoxy groups -OCH3 is 1. The minimum Gasteiger partial charge on any atom is -0.504 e. The van der Waals surface area contributed by atoms with Gasteiger partial charge in [-0.25, -0.2) is 0 Å². The van der Waals surface area contributed by atoms with Crippen molar-refractivity contribution in [1.29, 1.82) is 0 Å². The second-order valence-corrected chi connectivity index (χ2v) is 26.2. The summed E-state index contributed by atoms with van der Waals surface area (Å²) in [6, 6.07) is 9.12. The van der Waals surface area contributed by atoms with Crippen molar-refractivity contribution in [3.05, 3.63) is 77.9 Å². The van der Waals surface area contributed by atoms with Gasteiger partial charge >= 0.3 is 0 Å². The van der Waals surface area contributed by atoms with Gasteiger partial charge in [0.2, 0.25) is 35.4 Å². The molecular weight excluding hydrogens is 1220 g/mol. The maximum absolute atomic E-state index is 15.0. The van der Waals surface area contributed by atoms with Crippen LogP contribution in [-0.4, -0.2) is 264 Å². The van der Waals surface area contributed by atoms with Crippen LogP contribution in [0.2, 0.25) is 0 Å². The van der Waals surface area contributed by atoms with Crippen molar-refractivity contribution in [2.75, 3.05) is 77.6 Å². The van der Waals surface area contributed by atoms with Crippen LogP contribution in [0.1, 0.15) is 76.3 Å². The van der Waals surface area contributed by atoms with Crippen LogP contribution in [-0.2, 0) is 41.7 Å². The quantitative estimate of drug-likeness (QED) is 0.0469. The van der Waals surface area contributed by atoms with Crippen LogP contribution in [0.5, 0.6) is 11.5 Å².